The summed E-state index contributed by atoms with van der Waals surface area (Å²) in [4.78, 5) is 0.0538. The highest BCUT2D eigenvalue weighted by molar-refractivity contribution is 7.87. The number of hydrazone groups is 1. The summed E-state index contributed by atoms with van der Waals surface area (Å²) in [5.74, 6) is 0.120. The molecular formula is C24H17Cl2N3O3S2. The van der Waals surface area contributed by atoms with Gasteiger partial charge in [0.05, 0.1) is 21.9 Å². The summed E-state index contributed by atoms with van der Waals surface area (Å²) in [7, 11) is -4.07. The van der Waals surface area contributed by atoms with Crippen LogP contribution < -0.4 is 14.9 Å². The molecule has 0 bridgehead atoms. The fourth-order valence-corrected chi connectivity index (χ4v) is 4.71. The third-order valence-corrected chi connectivity index (χ3v) is 6.75. The highest BCUT2D eigenvalue weighted by atomic mass is 35.5. The summed E-state index contributed by atoms with van der Waals surface area (Å²) < 4.78 is 31.2. The highest BCUT2D eigenvalue weighted by Gasteiger charge is 2.18. The van der Waals surface area contributed by atoms with E-state index < -0.39 is 10.1 Å². The maximum absolute atomic E-state index is 12.9. The molecule has 0 aliphatic carbocycles. The Morgan fingerprint density at radius 3 is 2.32 bits per heavy atom. The van der Waals surface area contributed by atoms with E-state index in [2.05, 4.69) is 15.8 Å². The molecule has 0 spiro atoms. The topological polar surface area (TPSA) is 79.8 Å². The Bertz CT molecular complexity index is 1490. The monoisotopic (exact) mass is 529 g/mol. The van der Waals surface area contributed by atoms with Crippen LogP contribution in [-0.2, 0) is 10.1 Å². The van der Waals surface area contributed by atoms with Gasteiger partial charge in [0.25, 0.3) is 0 Å². The van der Waals surface area contributed by atoms with Crippen molar-refractivity contribution in [2.24, 2.45) is 5.10 Å². The number of benzene rings is 4. The molecule has 0 atom stereocenters. The molecule has 172 valence electrons. The van der Waals surface area contributed by atoms with Gasteiger partial charge in [0.15, 0.2) is 10.9 Å². The minimum atomic E-state index is -4.07. The molecule has 6 nitrogen and oxygen atoms in total. The molecule has 0 saturated heterocycles. The molecule has 10 heteroatoms. The summed E-state index contributed by atoms with van der Waals surface area (Å²) in [5, 5.41) is 9.61. The summed E-state index contributed by atoms with van der Waals surface area (Å²) in [6.07, 6.45) is 1.40. The van der Waals surface area contributed by atoms with Crippen LogP contribution in [-0.4, -0.2) is 19.7 Å². The summed E-state index contributed by atoms with van der Waals surface area (Å²) in [6, 6.07) is 24.0. The van der Waals surface area contributed by atoms with Crippen LogP contribution in [0.15, 0.2) is 94.9 Å². The van der Waals surface area contributed by atoms with Gasteiger partial charge in [-0.3, -0.25) is 5.43 Å². The van der Waals surface area contributed by atoms with Gasteiger partial charge in [-0.15, -0.1) is 0 Å². The summed E-state index contributed by atoms with van der Waals surface area (Å²) >= 11 is 17.5. The van der Waals surface area contributed by atoms with E-state index in [1.54, 1.807) is 54.6 Å². The number of anilines is 1. The summed E-state index contributed by atoms with van der Waals surface area (Å²) in [6.45, 7) is 0. The fourth-order valence-electron chi connectivity index (χ4n) is 3.07. The molecule has 0 amide bonds. The first-order valence-electron chi connectivity index (χ1n) is 9.90. The van der Waals surface area contributed by atoms with E-state index in [9.17, 15) is 8.42 Å². The number of fused-ring (bicyclic) bond motifs is 1. The van der Waals surface area contributed by atoms with Crippen LogP contribution in [0, 0.1) is 0 Å². The number of nitrogens with one attached hydrogen (secondary N) is 2. The molecule has 4 aromatic rings. The summed E-state index contributed by atoms with van der Waals surface area (Å²) in [5.41, 5.74) is 3.52. The van der Waals surface area contributed by atoms with Crippen molar-refractivity contribution in [3.63, 3.8) is 0 Å². The van der Waals surface area contributed by atoms with Crippen LogP contribution in [0.25, 0.3) is 10.8 Å². The maximum Gasteiger partial charge on any atom is 0.339 e. The SMILES string of the molecule is O=S(=O)(Oc1ccccc1/C=N\NC(=S)Nc1c(Cl)cccc1Cl)c1ccc2ccccc2c1. The van der Waals surface area contributed by atoms with E-state index in [1.807, 2.05) is 24.3 Å². The molecule has 0 fully saturated rings. The van der Waals surface area contributed by atoms with Crippen LogP contribution in [0.2, 0.25) is 10.0 Å². The van der Waals surface area contributed by atoms with Crippen molar-refractivity contribution in [2.75, 3.05) is 5.32 Å². The van der Waals surface area contributed by atoms with Crippen LogP contribution in [0.1, 0.15) is 5.56 Å². The van der Waals surface area contributed by atoms with Gasteiger partial charge in [-0.1, -0.05) is 71.7 Å². The van der Waals surface area contributed by atoms with E-state index in [1.165, 1.54) is 12.3 Å². The van der Waals surface area contributed by atoms with E-state index in [0.717, 1.165) is 10.8 Å². The average molecular weight is 530 g/mol. The molecular weight excluding hydrogens is 513 g/mol. The molecule has 4 aromatic carbocycles. The Balaban J connectivity index is 1.49. The fraction of sp³-hybridized carbons (Fsp3) is 0. The number of hydrogen-bond donors (Lipinski definition) is 2. The Labute approximate surface area is 212 Å². The first kappa shape index (κ1) is 24.0. The van der Waals surface area contributed by atoms with Crippen molar-refractivity contribution in [1.82, 2.24) is 5.43 Å². The van der Waals surface area contributed by atoms with Crippen molar-refractivity contribution in [3.05, 3.63) is 101 Å². The predicted octanol–water partition coefficient (Wildman–Crippen LogP) is 6.23. The van der Waals surface area contributed by atoms with Crippen LogP contribution >= 0.6 is 35.4 Å². The molecule has 0 aliphatic rings. The van der Waals surface area contributed by atoms with Gasteiger partial charge >= 0.3 is 10.1 Å². The standard InChI is InChI=1S/C24H17Cl2N3O3S2/c25-20-9-5-10-21(26)23(20)28-24(33)29-27-15-18-8-3-4-11-22(18)32-34(30,31)19-13-12-16-6-1-2-7-17(16)14-19/h1-15H,(H2,28,29,33)/b27-15-. The van der Waals surface area contributed by atoms with Crippen molar-refractivity contribution < 1.29 is 12.6 Å². The first-order chi connectivity index (χ1) is 16.3. The number of para-hydroxylation sites is 2. The smallest absolute Gasteiger partial charge is 0.339 e. The molecule has 2 N–H and O–H groups in total. The van der Waals surface area contributed by atoms with Gasteiger partial charge in [0, 0.05) is 5.56 Å². The Kier molecular flexibility index (Phi) is 7.33. The molecule has 0 heterocycles. The van der Waals surface area contributed by atoms with E-state index in [4.69, 9.17) is 39.6 Å². The number of halogens is 2. The Hall–Kier alpha value is -3.17. The zero-order valence-electron chi connectivity index (χ0n) is 17.4. The first-order valence-corrected chi connectivity index (χ1v) is 12.5. The van der Waals surface area contributed by atoms with Gasteiger partial charge in [-0.05, 0) is 59.4 Å². The third kappa shape index (κ3) is 5.66. The average Bonchev–Trinajstić information content (AvgIpc) is 2.82. The van der Waals surface area contributed by atoms with Crippen molar-refractivity contribution in [1.29, 1.82) is 0 Å². The van der Waals surface area contributed by atoms with Crippen LogP contribution in [0.3, 0.4) is 0 Å². The predicted molar refractivity (Wildman–Crippen MR) is 142 cm³/mol. The minimum absolute atomic E-state index is 0.0538. The number of rotatable bonds is 6. The zero-order chi connectivity index (χ0) is 24.1. The molecule has 34 heavy (non-hydrogen) atoms. The number of nitrogens with zero attached hydrogens (tertiary/aromatic N) is 1. The lowest BCUT2D eigenvalue weighted by Gasteiger charge is -2.11. The third-order valence-electron chi connectivity index (χ3n) is 4.70. The van der Waals surface area contributed by atoms with Crippen LogP contribution in [0.5, 0.6) is 5.75 Å². The van der Waals surface area contributed by atoms with Crippen molar-refractivity contribution in [2.45, 2.75) is 4.90 Å². The van der Waals surface area contributed by atoms with Crippen LogP contribution in [0.4, 0.5) is 5.69 Å². The Morgan fingerprint density at radius 2 is 1.56 bits per heavy atom. The molecule has 0 saturated carbocycles. The second-order valence-corrected chi connectivity index (χ2v) is 9.77. The number of thiocarbonyl (C=S) groups is 1. The van der Waals surface area contributed by atoms with E-state index in [0.29, 0.717) is 21.3 Å². The maximum atomic E-state index is 12.9. The molecule has 0 unspecified atom stereocenters. The lowest BCUT2D eigenvalue weighted by Crippen LogP contribution is -2.24. The zero-order valence-corrected chi connectivity index (χ0v) is 20.5. The van der Waals surface area contributed by atoms with Gasteiger partial charge in [0.2, 0.25) is 0 Å². The minimum Gasteiger partial charge on any atom is -0.378 e. The molecule has 0 radical (unpaired) electrons. The highest BCUT2D eigenvalue weighted by Crippen LogP contribution is 2.29. The second kappa shape index (κ2) is 10.4. The second-order valence-electron chi connectivity index (χ2n) is 7.01. The molecule has 4 rings (SSSR count). The van der Waals surface area contributed by atoms with Gasteiger partial charge in [-0.2, -0.15) is 13.5 Å². The molecule has 0 aromatic heterocycles. The van der Waals surface area contributed by atoms with Gasteiger partial charge in [0.1, 0.15) is 4.90 Å². The van der Waals surface area contributed by atoms with Crippen molar-refractivity contribution >= 4 is 73.3 Å². The van der Waals surface area contributed by atoms with Crippen molar-refractivity contribution in [3.8, 4) is 5.75 Å². The van der Waals surface area contributed by atoms with Gasteiger partial charge < -0.3 is 9.50 Å². The number of hydrogen-bond acceptors (Lipinski definition) is 5. The quantitative estimate of drug-likeness (QED) is 0.133. The Morgan fingerprint density at radius 1 is 0.882 bits per heavy atom. The lowest BCUT2D eigenvalue weighted by atomic mass is 10.1. The normalized spacial score (nSPS) is 11.5. The lowest BCUT2D eigenvalue weighted by molar-refractivity contribution is 0.486. The molecule has 0 aliphatic heterocycles. The van der Waals surface area contributed by atoms with E-state index >= 15 is 0 Å². The van der Waals surface area contributed by atoms with E-state index in [-0.39, 0.29) is 15.8 Å². The van der Waals surface area contributed by atoms with Gasteiger partial charge in [-0.25, -0.2) is 0 Å². The largest absolute Gasteiger partial charge is 0.378 e.